The molecule has 1 saturated heterocycles. The lowest BCUT2D eigenvalue weighted by Gasteiger charge is -2.49. The lowest BCUT2D eigenvalue weighted by atomic mass is 9.80. The van der Waals surface area contributed by atoms with Gasteiger partial charge in [-0.1, -0.05) is 20.8 Å². The molecule has 0 aromatic heterocycles. The van der Waals surface area contributed by atoms with Crippen LogP contribution < -0.4 is 10.6 Å². The van der Waals surface area contributed by atoms with E-state index in [1.807, 2.05) is 14.0 Å². The maximum Gasteiger partial charge on any atom is 0.202 e. The van der Waals surface area contributed by atoms with Gasteiger partial charge in [0.1, 0.15) is 23.9 Å². The van der Waals surface area contributed by atoms with E-state index in [9.17, 15) is 15.3 Å². The van der Waals surface area contributed by atoms with Crippen molar-refractivity contribution in [3.05, 3.63) is 11.8 Å². The Labute approximate surface area is 191 Å². The fourth-order valence-electron chi connectivity index (χ4n) is 5.11. The highest BCUT2D eigenvalue weighted by Crippen LogP contribution is 2.35. The van der Waals surface area contributed by atoms with Crippen molar-refractivity contribution < 1.29 is 34.3 Å². The summed E-state index contributed by atoms with van der Waals surface area (Å²) in [5.41, 5.74) is -1.24. The molecule has 1 unspecified atom stereocenters. The summed E-state index contributed by atoms with van der Waals surface area (Å²) < 4.78 is 24.2. The van der Waals surface area contributed by atoms with Gasteiger partial charge in [-0.25, -0.2) is 0 Å². The molecule has 11 atom stereocenters. The highest BCUT2D eigenvalue weighted by Gasteiger charge is 2.50. The molecule has 1 saturated carbocycles. The molecule has 5 N–H and O–H groups in total. The van der Waals surface area contributed by atoms with Crippen molar-refractivity contribution in [3.8, 4) is 0 Å². The average Bonchev–Trinajstić information content (AvgIpc) is 2.75. The smallest absolute Gasteiger partial charge is 0.202 e. The third-order valence-electron chi connectivity index (χ3n) is 7.15. The molecular formula is C23H42N2O7. The van der Waals surface area contributed by atoms with E-state index >= 15 is 0 Å². The van der Waals surface area contributed by atoms with Crippen LogP contribution in [0.2, 0.25) is 0 Å². The van der Waals surface area contributed by atoms with Gasteiger partial charge in [0.25, 0.3) is 0 Å². The van der Waals surface area contributed by atoms with Crippen LogP contribution in [0, 0.1) is 11.8 Å². The molecule has 0 radical (unpaired) electrons. The summed E-state index contributed by atoms with van der Waals surface area (Å²) in [5.74, 6) is 1.15. The Morgan fingerprint density at radius 2 is 1.75 bits per heavy atom. The van der Waals surface area contributed by atoms with E-state index in [-0.39, 0.29) is 24.5 Å². The maximum atomic E-state index is 11.3. The van der Waals surface area contributed by atoms with Gasteiger partial charge in [-0.3, -0.25) is 0 Å². The highest BCUT2D eigenvalue weighted by molar-refractivity contribution is 5.02. The molecule has 2 aliphatic heterocycles. The predicted molar refractivity (Wildman–Crippen MR) is 119 cm³/mol. The number of likely N-dealkylation sites (N-methyl/N-ethyl adjacent to an activating group) is 2. The molecule has 0 amide bonds. The van der Waals surface area contributed by atoms with Crippen LogP contribution in [-0.2, 0) is 18.9 Å². The fourth-order valence-corrected chi connectivity index (χ4v) is 5.11. The summed E-state index contributed by atoms with van der Waals surface area (Å²) in [7, 11) is 3.50. The Bertz CT molecular complexity index is 646. The van der Waals surface area contributed by atoms with Gasteiger partial charge < -0.3 is 44.9 Å². The average molecular weight is 459 g/mol. The number of hydrogen-bond donors (Lipinski definition) is 5. The summed E-state index contributed by atoms with van der Waals surface area (Å²) >= 11 is 0. The van der Waals surface area contributed by atoms with Crippen LogP contribution in [0.5, 0.6) is 0 Å². The standard InChI is InChI=1S/C23H42N2O7/c1-7-14-9-8-12(2)21(30-14)31-18-13(3)10-15(24-5)19(16(18)26)32-22-17(27)20(25-6)23(4,28)11-29-22/h9,12-13,15-22,24-28H,7-8,10-11H2,1-6H3/t12-,13+,15-,16+,17-,18?,19+,20-,21-,22-,23+/m1/s1. The number of aliphatic hydroxyl groups is 3. The number of aliphatic hydroxyl groups excluding tert-OH is 2. The zero-order valence-corrected chi connectivity index (χ0v) is 20.2. The molecule has 0 spiro atoms. The number of allylic oxidation sites excluding steroid dienone is 2. The van der Waals surface area contributed by atoms with Crippen LogP contribution in [0.3, 0.4) is 0 Å². The molecule has 2 heterocycles. The van der Waals surface area contributed by atoms with Gasteiger partial charge in [0.05, 0.1) is 24.5 Å². The van der Waals surface area contributed by atoms with Crippen LogP contribution in [0.25, 0.3) is 0 Å². The first-order chi connectivity index (χ1) is 15.1. The Morgan fingerprint density at radius 3 is 2.38 bits per heavy atom. The van der Waals surface area contributed by atoms with Gasteiger partial charge in [0, 0.05) is 18.4 Å². The summed E-state index contributed by atoms with van der Waals surface area (Å²) in [5, 5.41) is 38.8. The minimum atomic E-state index is -1.24. The lowest BCUT2D eigenvalue weighted by molar-refractivity contribution is -0.307. The molecule has 1 aliphatic carbocycles. The van der Waals surface area contributed by atoms with Crippen molar-refractivity contribution >= 4 is 0 Å². The van der Waals surface area contributed by atoms with Crippen LogP contribution >= 0.6 is 0 Å². The molecule has 2 fully saturated rings. The fraction of sp³-hybridized carbons (Fsp3) is 0.913. The Kier molecular flexibility index (Phi) is 8.60. The van der Waals surface area contributed by atoms with E-state index in [0.717, 1.165) is 25.0 Å². The summed E-state index contributed by atoms with van der Waals surface area (Å²) in [6.07, 6.45) is -0.132. The maximum absolute atomic E-state index is 11.3. The van der Waals surface area contributed by atoms with Crippen LogP contribution in [0.15, 0.2) is 11.8 Å². The molecule has 186 valence electrons. The van der Waals surface area contributed by atoms with E-state index < -0.39 is 48.6 Å². The van der Waals surface area contributed by atoms with Crippen molar-refractivity contribution in [2.24, 2.45) is 11.8 Å². The molecule has 0 aromatic carbocycles. The molecular weight excluding hydrogens is 416 g/mol. The largest absolute Gasteiger partial charge is 0.469 e. The quantitative estimate of drug-likeness (QED) is 0.371. The molecule has 3 aliphatic rings. The van der Waals surface area contributed by atoms with Gasteiger partial charge in [-0.2, -0.15) is 0 Å². The van der Waals surface area contributed by atoms with Crippen molar-refractivity contribution in [3.63, 3.8) is 0 Å². The van der Waals surface area contributed by atoms with E-state index in [0.29, 0.717) is 0 Å². The second-order valence-corrected chi connectivity index (χ2v) is 9.82. The number of rotatable bonds is 7. The van der Waals surface area contributed by atoms with Crippen LogP contribution in [-0.4, -0.2) is 90.7 Å². The highest BCUT2D eigenvalue weighted by atomic mass is 16.7. The molecule has 3 rings (SSSR count). The minimum Gasteiger partial charge on any atom is -0.469 e. The van der Waals surface area contributed by atoms with Crippen molar-refractivity contribution in [1.29, 1.82) is 0 Å². The van der Waals surface area contributed by atoms with E-state index in [1.54, 1.807) is 14.0 Å². The predicted octanol–water partition coefficient (Wildman–Crippen LogP) is 0.478. The number of hydrogen-bond acceptors (Lipinski definition) is 9. The summed E-state index contributed by atoms with van der Waals surface area (Å²) in [6.45, 7) is 7.79. The van der Waals surface area contributed by atoms with E-state index in [4.69, 9.17) is 18.9 Å². The van der Waals surface area contributed by atoms with Crippen LogP contribution in [0.1, 0.15) is 47.0 Å². The zero-order valence-electron chi connectivity index (χ0n) is 20.2. The summed E-state index contributed by atoms with van der Waals surface area (Å²) in [6, 6.07) is -0.779. The monoisotopic (exact) mass is 458 g/mol. The normalized spacial score (nSPS) is 47.6. The Balaban J connectivity index is 1.73. The van der Waals surface area contributed by atoms with Crippen molar-refractivity contribution in [2.45, 2.75) is 102 Å². The Hall–Kier alpha value is -0.780. The number of ether oxygens (including phenoxy) is 4. The lowest BCUT2D eigenvalue weighted by Crippen LogP contribution is -2.67. The first-order valence-corrected chi connectivity index (χ1v) is 11.8. The first-order valence-electron chi connectivity index (χ1n) is 11.8. The van der Waals surface area contributed by atoms with Crippen molar-refractivity contribution in [1.82, 2.24) is 10.6 Å². The minimum absolute atomic E-state index is 0.00313. The third-order valence-corrected chi connectivity index (χ3v) is 7.15. The van der Waals surface area contributed by atoms with Gasteiger partial charge >= 0.3 is 0 Å². The van der Waals surface area contributed by atoms with Gasteiger partial charge in [0.15, 0.2) is 6.29 Å². The SMILES string of the molecule is CCC1=CC[C@@H](C)[C@@H](OC2[C@@H](C)C[C@@H](NC)[C@H](O[C@H]3OC[C@](C)(O)[C@H](NC)[C@H]3O)[C@H]2O)O1. The third kappa shape index (κ3) is 5.31. The van der Waals surface area contributed by atoms with Gasteiger partial charge in [-0.05, 0) is 45.9 Å². The molecule has 0 bridgehead atoms. The molecule has 9 nitrogen and oxygen atoms in total. The first kappa shape index (κ1) is 25.8. The van der Waals surface area contributed by atoms with E-state index in [2.05, 4.69) is 30.6 Å². The molecule has 32 heavy (non-hydrogen) atoms. The topological polar surface area (TPSA) is 122 Å². The second-order valence-electron chi connectivity index (χ2n) is 9.82. The molecule has 0 aromatic rings. The summed E-state index contributed by atoms with van der Waals surface area (Å²) in [4.78, 5) is 0. The zero-order chi connectivity index (χ0) is 23.6. The van der Waals surface area contributed by atoms with Gasteiger partial charge in [-0.15, -0.1) is 0 Å². The number of nitrogens with one attached hydrogen (secondary N) is 2. The Morgan fingerprint density at radius 1 is 1.06 bits per heavy atom. The van der Waals surface area contributed by atoms with Gasteiger partial charge in [0.2, 0.25) is 6.29 Å². The van der Waals surface area contributed by atoms with Crippen molar-refractivity contribution in [2.75, 3.05) is 20.7 Å². The van der Waals surface area contributed by atoms with E-state index in [1.165, 1.54) is 0 Å². The second kappa shape index (κ2) is 10.7. The van der Waals surface area contributed by atoms with Crippen LogP contribution in [0.4, 0.5) is 0 Å². The molecule has 9 heteroatoms.